The topological polar surface area (TPSA) is 105 Å². The summed E-state index contributed by atoms with van der Waals surface area (Å²) < 4.78 is 23.8. The molecule has 0 aliphatic heterocycles. The average molecular weight is 1230 g/mol. The number of aliphatic hydroxyl groups excluding tert-OH is 1. The predicted octanol–water partition coefficient (Wildman–Crippen LogP) is 22.9. The molecular formula is C78H134N2O6P+. The highest BCUT2D eigenvalue weighted by Gasteiger charge is 2.28. The SMILES string of the molecule is CC/C=C\C/C=C\C/C=C\C/C=C\C/C=C\C/C=C\C/C=C\C/C=C\C/C=C\C/C=C\C/C=C\C/C=C\CCCCC(=O)NC(COP(=O)(O)OCC[N+](C)(C)C)C(O)/C=C/CCCCCCCCCCCCCCCCCCCCCCCCCC. The van der Waals surface area contributed by atoms with E-state index < -0.39 is 20.0 Å². The first kappa shape index (κ1) is 83.1. The molecule has 0 saturated heterocycles. The lowest BCUT2D eigenvalue weighted by atomic mass is 10.0. The predicted molar refractivity (Wildman–Crippen MR) is 382 cm³/mol. The molecule has 0 rings (SSSR count). The number of hydrogen-bond donors (Lipinski definition) is 3. The zero-order valence-electron chi connectivity index (χ0n) is 56.7. The smallest absolute Gasteiger partial charge is 0.387 e. The fourth-order valence-corrected chi connectivity index (χ4v) is 10.3. The standard InChI is InChI=1S/C78H133N2O6P/c1-6-8-10-12-14-16-18-20-22-24-26-28-30-32-34-35-36-37-38-39-40-41-42-43-44-45-46-48-50-52-54-56-58-60-62-64-66-68-70-72-78(82)79-76(75-86-87(83,84)85-74-73-80(3,4)5)77(81)71-69-67-65-63-61-59-57-55-53-51-49-47-33-31-29-27-25-23-21-19-17-15-13-11-9-7-2/h8,10,14,16,20,22,26,28,32,34,36-37,39-40,42-43,45-46,50,52,56,58,62,64,69,71,76-77,81H,6-7,9,11-13,15,17-19,21,23-25,27,29-31,33,35,38,41,44,47-49,51,53-55,57,59-61,63,65-68,70,72-75H2,1-5H3,(H-,79,82,83,84)/p+1/b10-8-,16-14-,22-20-,28-26-,34-32-,37-36-,40-39-,43-42-,46-45-,52-50-,58-56-,64-62-,71-69+. The maximum absolute atomic E-state index is 13.0. The molecule has 3 N–H and O–H groups in total. The first-order valence-electron chi connectivity index (χ1n) is 35.4. The number of phosphoric acid groups is 1. The molecule has 0 bridgehead atoms. The highest BCUT2D eigenvalue weighted by Crippen LogP contribution is 2.43. The van der Waals surface area contributed by atoms with Crippen molar-refractivity contribution in [3.8, 4) is 0 Å². The molecule has 1 amide bonds. The lowest BCUT2D eigenvalue weighted by Gasteiger charge is -2.25. The minimum atomic E-state index is -4.38. The molecule has 0 aliphatic carbocycles. The zero-order valence-corrected chi connectivity index (χ0v) is 57.6. The van der Waals surface area contributed by atoms with E-state index in [1.54, 1.807) is 6.08 Å². The quantitative estimate of drug-likeness (QED) is 0.0243. The van der Waals surface area contributed by atoms with E-state index in [0.717, 1.165) is 109 Å². The maximum Gasteiger partial charge on any atom is 0.472 e. The number of allylic oxidation sites excluding steroid dienone is 25. The third-order valence-electron chi connectivity index (χ3n) is 15.0. The summed E-state index contributed by atoms with van der Waals surface area (Å²) in [6.07, 6.45) is 104. The summed E-state index contributed by atoms with van der Waals surface area (Å²) in [5.74, 6) is -0.223. The van der Waals surface area contributed by atoms with E-state index in [1.807, 2.05) is 27.2 Å². The number of amides is 1. The van der Waals surface area contributed by atoms with Gasteiger partial charge in [-0.25, -0.2) is 4.57 Å². The average Bonchev–Trinajstić information content (AvgIpc) is 3.69. The molecule has 87 heavy (non-hydrogen) atoms. The lowest BCUT2D eigenvalue weighted by Crippen LogP contribution is -2.45. The Morgan fingerprint density at radius 2 is 0.690 bits per heavy atom. The van der Waals surface area contributed by atoms with Crippen molar-refractivity contribution in [2.75, 3.05) is 40.9 Å². The molecule has 3 atom stereocenters. The minimum Gasteiger partial charge on any atom is -0.387 e. The Morgan fingerprint density at radius 1 is 0.402 bits per heavy atom. The van der Waals surface area contributed by atoms with E-state index in [9.17, 15) is 19.4 Å². The Hall–Kier alpha value is -3.88. The summed E-state index contributed by atoms with van der Waals surface area (Å²) >= 11 is 0. The van der Waals surface area contributed by atoms with E-state index in [2.05, 4.69) is 165 Å². The Balaban J connectivity index is 4.24. The van der Waals surface area contributed by atoms with Gasteiger partial charge in [-0.1, -0.05) is 320 Å². The molecule has 9 heteroatoms. The van der Waals surface area contributed by atoms with E-state index in [-0.39, 0.29) is 19.1 Å². The summed E-state index contributed by atoms with van der Waals surface area (Å²) in [6, 6.07) is -0.884. The van der Waals surface area contributed by atoms with Gasteiger partial charge in [0.05, 0.1) is 39.9 Å². The van der Waals surface area contributed by atoms with E-state index >= 15 is 0 Å². The molecule has 0 aromatic heterocycles. The Bertz CT molecular complexity index is 1980. The second kappa shape index (κ2) is 66.5. The van der Waals surface area contributed by atoms with Gasteiger partial charge in [-0.2, -0.15) is 0 Å². The Kier molecular flexibility index (Phi) is 63.6. The number of likely N-dealkylation sites (N-methyl/N-ethyl adjacent to an activating group) is 1. The van der Waals surface area contributed by atoms with Crippen molar-refractivity contribution in [2.24, 2.45) is 0 Å². The fourth-order valence-electron chi connectivity index (χ4n) is 9.55. The van der Waals surface area contributed by atoms with Crippen molar-refractivity contribution in [2.45, 2.75) is 289 Å². The third kappa shape index (κ3) is 69.5. The number of unbranched alkanes of at least 4 members (excludes halogenated alkanes) is 26. The highest BCUT2D eigenvalue weighted by atomic mass is 31.2. The second-order valence-corrected chi connectivity index (χ2v) is 26.0. The van der Waals surface area contributed by atoms with Crippen LogP contribution in [0.3, 0.4) is 0 Å². The third-order valence-corrected chi connectivity index (χ3v) is 16.0. The second-order valence-electron chi connectivity index (χ2n) is 24.5. The molecule has 0 aliphatic rings. The van der Waals surface area contributed by atoms with Crippen LogP contribution in [-0.2, 0) is 18.4 Å². The minimum absolute atomic E-state index is 0.0449. The first-order chi connectivity index (χ1) is 42.5. The summed E-state index contributed by atoms with van der Waals surface area (Å²) in [5, 5.41) is 14.0. The lowest BCUT2D eigenvalue weighted by molar-refractivity contribution is -0.870. The summed E-state index contributed by atoms with van der Waals surface area (Å²) in [5.41, 5.74) is 0. The fraction of sp³-hybridized carbons (Fsp3) is 0.654. The summed E-state index contributed by atoms with van der Waals surface area (Å²) in [7, 11) is 1.53. The molecule has 0 spiro atoms. The van der Waals surface area contributed by atoms with Gasteiger partial charge >= 0.3 is 7.82 Å². The number of nitrogens with zero attached hydrogens (tertiary/aromatic N) is 1. The molecule has 3 unspecified atom stereocenters. The molecule has 0 heterocycles. The van der Waals surface area contributed by atoms with Gasteiger partial charge in [-0.3, -0.25) is 13.8 Å². The van der Waals surface area contributed by atoms with Gasteiger partial charge in [0, 0.05) is 6.42 Å². The van der Waals surface area contributed by atoms with Crippen LogP contribution in [0.1, 0.15) is 277 Å². The summed E-state index contributed by atoms with van der Waals surface area (Å²) in [6.45, 7) is 4.68. The molecule has 0 aromatic carbocycles. The molecule has 496 valence electrons. The number of carbonyl (C=O) groups excluding carboxylic acids is 1. The Labute approximate surface area is 537 Å². The van der Waals surface area contributed by atoms with Crippen LogP contribution in [0.15, 0.2) is 158 Å². The van der Waals surface area contributed by atoms with Crippen LogP contribution in [0.5, 0.6) is 0 Å². The van der Waals surface area contributed by atoms with Gasteiger partial charge in [0.1, 0.15) is 13.2 Å². The molecule has 8 nitrogen and oxygen atoms in total. The maximum atomic E-state index is 13.0. The number of nitrogens with one attached hydrogen (secondary N) is 1. The molecule has 0 aromatic rings. The van der Waals surface area contributed by atoms with Crippen LogP contribution >= 0.6 is 7.82 Å². The van der Waals surface area contributed by atoms with Gasteiger partial charge in [0.2, 0.25) is 5.91 Å². The molecule has 0 fully saturated rings. The van der Waals surface area contributed by atoms with Gasteiger partial charge in [-0.05, 0) is 109 Å². The van der Waals surface area contributed by atoms with Gasteiger partial charge in [0.25, 0.3) is 0 Å². The van der Waals surface area contributed by atoms with Crippen molar-refractivity contribution >= 4 is 13.7 Å². The van der Waals surface area contributed by atoms with Crippen LogP contribution in [0.2, 0.25) is 0 Å². The van der Waals surface area contributed by atoms with Crippen molar-refractivity contribution in [1.82, 2.24) is 5.32 Å². The normalized spacial score (nSPS) is 14.6. The van der Waals surface area contributed by atoms with Crippen molar-refractivity contribution < 1.29 is 32.9 Å². The van der Waals surface area contributed by atoms with E-state index in [4.69, 9.17) is 9.05 Å². The van der Waals surface area contributed by atoms with Crippen LogP contribution in [0.25, 0.3) is 0 Å². The van der Waals surface area contributed by atoms with Gasteiger partial charge in [-0.15, -0.1) is 0 Å². The summed E-state index contributed by atoms with van der Waals surface area (Å²) in [4.78, 5) is 23.4. The largest absolute Gasteiger partial charge is 0.472 e. The highest BCUT2D eigenvalue weighted by molar-refractivity contribution is 7.47. The van der Waals surface area contributed by atoms with Crippen LogP contribution in [-0.4, -0.2) is 73.4 Å². The Morgan fingerprint density at radius 3 is 1.01 bits per heavy atom. The van der Waals surface area contributed by atoms with E-state index in [0.29, 0.717) is 23.9 Å². The van der Waals surface area contributed by atoms with Crippen molar-refractivity contribution in [1.29, 1.82) is 0 Å². The van der Waals surface area contributed by atoms with Crippen molar-refractivity contribution in [3.05, 3.63) is 158 Å². The van der Waals surface area contributed by atoms with Crippen LogP contribution < -0.4 is 5.32 Å². The van der Waals surface area contributed by atoms with Gasteiger partial charge in [0.15, 0.2) is 0 Å². The molecule has 0 radical (unpaired) electrons. The van der Waals surface area contributed by atoms with Crippen LogP contribution in [0.4, 0.5) is 0 Å². The number of rotatable bonds is 63. The van der Waals surface area contributed by atoms with E-state index in [1.165, 1.54) is 141 Å². The molecular weight excluding hydrogens is 1090 g/mol. The molecule has 0 saturated carbocycles. The zero-order chi connectivity index (χ0) is 63.4. The monoisotopic (exact) mass is 1230 g/mol. The van der Waals surface area contributed by atoms with Crippen molar-refractivity contribution in [3.63, 3.8) is 0 Å². The number of phosphoric ester groups is 1. The number of carbonyl (C=O) groups is 1. The number of quaternary nitrogens is 1. The van der Waals surface area contributed by atoms with Crippen LogP contribution in [0, 0.1) is 0 Å². The van der Waals surface area contributed by atoms with Gasteiger partial charge < -0.3 is 19.8 Å². The number of aliphatic hydroxyl groups is 1. The first-order valence-corrected chi connectivity index (χ1v) is 36.9. The number of hydrogen-bond acceptors (Lipinski definition) is 5.